The van der Waals surface area contributed by atoms with Gasteiger partial charge in [0.1, 0.15) is 0 Å². The molecule has 1 aliphatic rings. The van der Waals surface area contributed by atoms with Gasteiger partial charge in [0.05, 0.1) is 12.1 Å². The molecule has 0 aliphatic carbocycles. The molecular weight excluding hydrogens is 373 g/mol. The average molecular weight is 402 g/mol. The fourth-order valence-electron chi connectivity index (χ4n) is 3.00. The van der Waals surface area contributed by atoms with Gasteiger partial charge in [-0.3, -0.25) is 4.90 Å². The molecule has 2 aromatic rings. The molecule has 8 heteroatoms. The third-order valence-electron chi connectivity index (χ3n) is 4.69. The van der Waals surface area contributed by atoms with Crippen LogP contribution in [0.4, 0.5) is 5.69 Å². The van der Waals surface area contributed by atoms with Gasteiger partial charge < -0.3 is 15.2 Å². The number of nitrogens with zero attached hydrogens (tertiary/aromatic N) is 4. The van der Waals surface area contributed by atoms with Crippen molar-refractivity contribution in [2.24, 2.45) is 5.73 Å². The Balaban J connectivity index is 0.00000169. The third-order valence-corrected chi connectivity index (χ3v) is 4.69. The molecule has 1 saturated heterocycles. The van der Waals surface area contributed by atoms with Gasteiger partial charge in [-0.15, -0.1) is 24.8 Å². The minimum Gasteiger partial charge on any atom is -0.369 e. The summed E-state index contributed by atoms with van der Waals surface area (Å²) in [4.78, 5) is 9.23. The monoisotopic (exact) mass is 401 g/mol. The molecule has 0 spiro atoms. The summed E-state index contributed by atoms with van der Waals surface area (Å²) >= 11 is 0. The number of halogens is 2. The molecule has 146 valence electrons. The number of aromatic nitrogens is 2. The summed E-state index contributed by atoms with van der Waals surface area (Å²) < 4.78 is 5.34. The quantitative estimate of drug-likeness (QED) is 0.848. The highest BCUT2D eigenvalue weighted by Crippen LogP contribution is 2.24. The molecule has 0 saturated carbocycles. The Morgan fingerprint density at radius 2 is 1.77 bits per heavy atom. The van der Waals surface area contributed by atoms with Crippen LogP contribution in [0, 0.1) is 13.8 Å². The zero-order valence-electron chi connectivity index (χ0n) is 15.9. The largest absolute Gasteiger partial charge is 0.369 e. The number of anilines is 1. The van der Waals surface area contributed by atoms with Crippen molar-refractivity contribution in [3.05, 3.63) is 41.0 Å². The molecule has 2 heterocycles. The van der Waals surface area contributed by atoms with Gasteiger partial charge in [-0.05, 0) is 44.9 Å². The smallest absolute Gasteiger partial charge is 0.240 e. The van der Waals surface area contributed by atoms with Crippen molar-refractivity contribution < 1.29 is 4.52 Å². The summed E-state index contributed by atoms with van der Waals surface area (Å²) in [5, 5.41) is 3.99. The Morgan fingerprint density at radius 1 is 1.12 bits per heavy atom. The normalized spacial score (nSPS) is 15.3. The Labute approximate surface area is 167 Å². The molecule has 1 fully saturated rings. The van der Waals surface area contributed by atoms with Gasteiger partial charge in [0.25, 0.3) is 0 Å². The number of benzene rings is 1. The number of rotatable bonds is 4. The maximum absolute atomic E-state index is 6.01. The van der Waals surface area contributed by atoms with Gasteiger partial charge >= 0.3 is 0 Å². The van der Waals surface area contributed by atoms with E-state index in [1.54, 1.807) is 0 Å². The van der Waals surface area contributed by atoms with Gasteiger partial charge in [0, 0.05) is 31.9 Å². The minimum atomic E-state index is -0.566. The molecular formula is C18H29Cl2N5O. The van der Waals surface area contributed by atoms with E-state index in [0.717, 1.165) is 26.2 Å². The van der Waals surface area contributed by atoms with E-state index < -0.39 is 5.54 Å². The second-order valence-electron chi connectivity index (χ2n) is 7.22. The van der Waals surface area contributed by atoms with Gasteiger partial charge in [0.15, 0.2) is 5.82 Å². The summed E-state index contributed by atoms with van der Waals surface area (Å²) in [5.41, 5.74) is 9.51. The summed E-state index contributed by atoms with van der Waals surface area (Å²) in [6.45, 7) is 12.8. The van der Waals surface area contributed by atoms with E-state index in [1.807, 2.05) is 13.8 Å². The zero-order chi connectivity index (χ0) is 17.3. The number of aryl methyl sites for hydroxylation is 1. The minimum absolute atomic E-state index is 0. The van der Waals surface area contributed by atoms with Gasteiger partial charge in [-0.1, -0.05) is 17.3 Å². The SMILES string of the molecule is Cc1cccc(N2CCN(Cc3nc(C(C)(C)N)no3)CC2)c1C.Cl.Cl. The highest BCUT2D eigenvalue weighted by molar-refractivity contribution is 5.85. The van der Waals surface area contributed by atoms with Crippen LogP contribution in [-0.4, -0.2) is 41.2 Å². The predicted molar refractivity (Wildman–Crippen MR) is 109 cm³/mol. The van der Waals surface area contributed by atoms with E-state index in [-0.39, 0.29) is 24.8 Å². The van der Waals surface area contributed by atoms with Crippen LogP contribution in [0.5, 0.6) is 0 Å². The van der Waals surface area contributed by atoms with Crippen molar-refractivity contribution in [3.63, 3.8) is 0 Å². The molecule has 2 N–H and O–H groups in total. The predicted octanol–water partition coefficient (Wildman–Crippen LogP) is 3.05. The Kier molecular flexibility index (Phi) is 7.89. The lowest BCUT2D eigenvalue weighted by atomic mass is 10.1. The van der Waals surface area contributed by atoms with Gasteiger partial charge in [-0.2, -0.15) is 4.98 Å². The fourth-order valence-corrected chi connectivity index (χ4v) is 3.00. The molecule has 1 aromatic carbocycles. The average Bonchev–Trinajstić information content (AvgIpc) is 3.00. The summed E-state index contributed by atoms with van der Waals surface area (Å²) in [6.07, 6.45) is 0. The molecule has 3 rings (SSSR count). The van der Waals surface area contributed by atoms with Crippen LogP contribution >= 0.6 is 24.8 Å². The van der Waals surface area contributed by atoms with Crippen molar-refractivity contribution in [3.8, 4) is 0 Å². The van der Waals surface area contributed by atoms with Crippen molar-refractivity contribution in [2.75, 3.05) is 31.1 Å². The molecule has 1 aromatic heterocycles. The van der Waals surface area contributed by atoms with Crippen LogP contribution in [0.15, 0.2) is 22.7 Å². The third kappa shape index (κ3) is 5.10. The maximum atomic E-state index is 6.01. The molecule has 0 unspecified atom stereocenters. The van der Waals surface area contributed by atoms with Crippen LogP contribution in [0.3, 0.4) is 0 Å². The first-order valence-electron chi connectivity index (χ1n) is 8.50. The Morgan fingerprint density at radius 3 is 2.35 bits per heavy atom. The van der Waals surface area contributed by atoms with Crippen molar-refractivity contribution in [1.82, 2.24) is 15.0 Å². The highest BCUT2D eigenvalue weighted by Gasteiger charge is 2.24. The first kappa shape index (κ1) is 22.7. The lowest BCUT2D eigenvalue weighted by Crippen LogP contribution is -2.46. The Bertz CT molecular complexity index is 706. The van der Waals surface area contributed by atoms with Crippen molar-refractivity contribution in [1.29, 1.82) is 0 Å². The zero-order valence-corrected chi connectivity index (χ0v) is 17.5. The van der Waals surface area contributed by atoms with Gasteiger partial charge in [0.2, 0.25) is 5.89 Å². The number of piperazine rings is 1. The molecule has 0 amide bonds. The van der Waals surface area contributed by atoms with Crippen molar-refractivity contribution >= 4 is 30.5 Å². The molecule has 6 nitrogen and oxygen atoms in total. The molecule has 0 radical (unpaired) electrons. The van der Waals surface area contributed by atoms with Crippen molar-refractivity contribution in [2.45, 2.75) is 39.8 Å². The van der Waals surface area contributed by atoms with Crippen LogP contribution in [-0.2, 0) is 12.1 Å². The maximum Gasteiger partial charge on any atom is 0.240 e. The van der Waals surface area contributed by atoms with Crippen LogP contribution in [0.25, 0.3) is 0 Å². The first-order valence-corrected chi connectivity index (χ1v) is 8.50. The fraction of sp³-hybridized carbons (Fsp3) is 0.556. The van der Waals surface area contributed by atoms with E-state index in [0.29, 0.717) is 18.3 Å². The lowest BCUT2D eigenvalue weighted by molar-refractivity contribution is 0.215. The molecule has 0 atom stereocenters. The van der Waals surface area contributed by atoms with E-state index in [1.165, 1.54) is 16.8 Å². The van der Waals surface area contributed by atoms with Crippen LogP contribution < -0.4 is 10.6 Å². The summed E-state index contributed by atoms with van der Waals surface area (Å²) in [7, 11) is 0. The van der Waals surface area contributed by atoms with E-state index in [9.17, 15) is 0 Å². The molecule has 0 bridgehead atoms. The highest BCUT2D eigenvalue weighted by atomic mass is 35.5. The number of nitrogens with two attached hydrogens (primary N) is 1. The summed E-state index contributed by atoms with van der Waals surface area (Å²) in [6, 6.07) is 6.52. The number of hydrogen-bond acceptors (Lipinski definition) is 6. The van der Waals surface area contributed by atoms with E-state index in [4.69, 9.17) is 10.3 Å². The van der Waals surface area contributed by atoms with Crippen LogP contribution in [0.1, 0.15) is 36.7 Å². The topological polar surface area (TPSA) is 71.4 Å². The lowest BCUT2D eigenvalue weighted by Gasteiger charge is -2.36. The van der Waals surface area contributed by atoms with Gasteiger partial charge in [-0.25, -0.2) is 0 Å². The second kappa shape index (κ2) is 9.04. The Hall–Kier alpha value is -1.34. The molecule has 1 aliphatic heterocycles. The molecule has 26 heavy (non-hydrogen) atoms. The second-order valence-corrected chi connectivity index (χ2v) is 7.22. The van der Waals surface area contributed by atoms with Crippen LogP contribution in [0.2, 0.25) is 0 Å². The first-order chi connectivity index (χ1) is 11.3. The van der Waals surface area contributed by atoms with E-state index >= 15 is 0 Å². The summed E-state index contributed by atoms with van der Waals surface area (Å²) in [5.74, 6) is 1.20. The van der Waals surface area contributed by atoms with E-state index in [2.05, 4.69) is 52.0 Å². The number of hydrogen-bond donors (Lipinski definition) is 1. The standard InChI is InChI=1S/C18H27N5O.2ClH/c1-13-6-5-7-15(14(13)2)23-10-8-22(9-11-23)12-16-20-17(21-24-16)18(3,4)19;;/h5-7H,8-12,19H2,1-4H3;2*1H.